The van der Waals surface area contributed by atoms with Gasteiger partial charge in [0.2, 0.25) is 0 Å². The predicted molar refractivity (Wildman–Crippen MR) is 98.7 cm³/mol. The summed E-state index contributed by atoms with van der Waals surface area (Å²) in [4.78, 5) is 16.3. The van der Waals surface area contributed by atoms with E-state index < -0.39 is 0 Å². The summed E-state index contributed by atoms with van der Waals surface area (Å²) in [5.41, 5.74) is 0.847. The third kappa shape index (κ3) is 3.41. The smallest absolute Gasteiger partial charge is 0.257 e. The largest absolute Gasteiger partial charge is 0.463 e. The van der Waals surface area contributed by atoms with Gasteiger partial charge in [0.15, 0.2) is 0 Å². The SMILES string of the molecule is CN(CC(=O)N1N=C(c2ccco2)CC1c1cccs1)C1CCCC1. The van der Waals surface area contributed by atoms with Crippen LogP contribution in [0.4, 0.5) is 0 Å². The molecule has 1 fully saturated rings. The molecular formula is C19H23N3O2S. The molecular weight excluding hydrogens is 334 g/mol. The van der Waals surface area contributed by atoms with Crippen LogP contribution >= 0.6 is 11.3 Å². The van der Waals surface area contributed by atoms with E-state index in [9.17, 15) is 4.79 Å². The number of likely N-dealkylation sites (N-methyl/N-ethyl adjacent to an activating group) is 1. The average Bonchev–Trinajstić information content (AvgIpc) is 3.43. The number of rotatable bonds is 5. The molecule has 1 atom stereocenters. The van der Waals surface area contributed by atoms with Gasteiger partial charge in [-0.1, -0.05) is 18.9 Å². The van der Waals surface area contributed by atoms with Crippen LogP contribution in [0.1, 0.15) is 48.8 Å². The highest BCUT2D eigenvalue weighted by Crippen LogP contribution is 2.35. The highest BCUT2D eigenvalue weighted by molar-refractivity contribution is 7.10. The second kappa shape index (κ2) is 7.14. The van der Waals surface area contributed by atoms with Crippen LogP contribution in [0.25, 0.3) is 0 Å². The second-order valence-electron chi connectivity index (χ2n) is 6.85. The van der Waals surface area contributed by atoms with Gasteiger partial charge in [-0.15, -0.1) is 11.3 Å². The van der Waals surface area contributed by atoms with E-state index in [1.54, 1.807) is 22.6 Å². The minimum atomic E-state index is -0.0235. The van der Waals surface area contributed by atoms with E-state index in [-0.39, 0.29) is 11.9 Å². The fourth-order valence-electron chi connectivity index (χ4n) is 3.79. The summed E-state index contributed by atoms with van der Waals surface area (Å²) in [6, 6.07) is 8.37. The predicted octanol–water partition coefficient (Wildman–Crippen LogP) is 3.89. The van der Waals surface area contributed by atoms with Crippen LogP contribution in [0.2, 0.25) is 0 Å². The number of amides is 1. The number of hydrazone groups is 1. The van der Waals surface area contributed by atoms with Crippen molar-refractivity contribution in [3.63, 3.8) is 0 Å². The first-order valence-corrected chi connectivity index (χ1v) is 9.77. The van der Waals surface area contributed by atoms with Crippen molar-refractivity contribution >= 4 is 23.0 Å². The van der Waals surface area contributed by atoms with Crippen LogP contribution in [0.3, 0.4) is 0 Å². The lowest BCUT2D eigenvalue weighted by Crippen LogP contribution is -2.40. The average molecular weight is 357 g/mol. The molecule has 1 saturated carbocycles. The van der Waals surface area contributed by atoms with Crippen molar-refractivity contribution in [2.75, 3.05) is 13.6 Å². The van der Waals surface area contributed by atoms with Crippen molar-refractivity contribution < 1.29 is 9.21 Å². The summed E-state index contributed by atoms with van der Waals surface area (Å²) in [6.45, 7) is 0.418. The minimum absolute atomic E-state index is 0.0235. The summed E-state index contributed by atoms with van der Waals surface area (Å²) >= 11 is 1.67. The highest BCUT2D eigenvalue weighted by Gasteiger charge is 2.35. The summed E-state index contributed by atoms with van der Waals surface area (Å²) < 4.78 is 5.50. The standard InChI is InChI=1S/C19H23N3O2S/c1-21(14-6-2-3-7-14)13-19(23)22-16(18-9-5-11-25-18)12-15(20-22)17-8-4-10-24-17/h4-5,8-11,14,16H,2-3,6-7,12-13H2,1H3. The maximum absolute atomic E-state index is 13.0. The van der Waals surface area contributed by atoms with Gasteiger partial charge in [-0.2, -0.15) is 5.10 Å². The van der Waals surface area contributed by atoms with Gasteiger partial charge in [-0.3, -0.25) is 9.69 Å². The van der Waals surface area contributed by atoms with Crippen molar-refractivity contribution in [3.8, 4) is 0 Å². The van der Waals surface area contributed by atoms with Gasteiger partial charge in [0.05, 0.1) is 18.8 Å². The molecule has 0 N–H and O–H groups in total. The summed E-state index contributed by atoms with van der Waals surface area (Å²) in [5.74, 6) is 0.815. The molecule has 25 heavy (non-hydrogen) atoms. The monoisotopic (exact) mass is 357 g/mol. The van der Waals surface area contributed by atoms with Crippen molar-refractivity contribution in [2.45, 2.75) is 44.2 Å². The first-order chi connectivity index (χ1) is 12.2. The number of thiophene rings is 1. The van der Waals surface area contributed by atoms with Crippen LogP contribution in [-0.2, 0) is 4.79 Å². The molecule has 5 nitrogen and oxygen atoms in total. The molecule has 2 aromatic rings. The molecule has 0 bridgehead atoms. The Morgan fingerprint density at radius 3 is 2.88 bits per heavy atom. The topological polar surface area (TPSA) is 49.1 Å². The number of carbonyl (C=O) groups excluding carboxylic acids is 1. The Morgan fingerprint density at radius 1 is 1.36 bits per heavy atom. The Labute approximate surface area is 151 Å². The van der Waals surface area contributed by atoms with Crippen LogP contribution in [0, 0.1) is 0 Å². The molecule has 6 heteroatoms. The zero-order chi connectivity index (χ0) is 17.2. The van der Waals surface area contributed by atoms with Crippen molar-refractivity contribution in [3.05, 3.63) is 46.5 Å². The van der Waals surface area contributed by atoms with E-state index in [2.05, 4.69) is 23.1 Å². The van der Waals surface area contributed by atoms with E-state index >= 15 is 0 Å². The van der Waals surface area contributed by atoms with Gasteiger partial charge in [-0.25, -0.2) is 5.01 Å². The molecule has 2 aliphatic rings. The maximum atomic E-state index is 13.0. The highest BCUT2D eigenvalue weighted by atomic mass is 32.1. The lowest BCUT2D eigenvalue weighted by molar-refractivity contribution is -0.134. The Morgan fingerprint density at radius 2 is 2.20 bits per heavy atom. The number of nitrogens with zero attached hydrogens (tertiary/aromatic N) is 3. The number of furan rings is 1. The maximum Gasteiger partial charge on any atom is 0.257 e. The van der Waals surface area contributed by atoms with Crippen molar-refractivity contribution in [2.24, 2.45) is 5.10 Å². The van der Waals surface area contributed by atoms with Gasteiger partial charge in [0, 0.05) is 17.3 Å². The lowest BCUT2D eigenvalue weighted by atomic mass is 10.1. The lowest BCUT2D eigenvalue weighted by Gasteiger charge is -2.27. The van der Waals surface area contributed by atoms with E-state index in [4.69, 9.17) is 4.42 Å². The fraction of sp³-hybridized carbons (Fsp3) is 0.474. The number of carbonyl (C=O) groups is 1. The first-order valence-electron chi connectivity index (χ1n) is 8.89. The number of hydrogen-bond donors (Lipinski definition) is 0. The van der Waals surface area contributed by atoms with Gasteiger partial charge in [0.25, 0.3) is 5.91 Å². The Hall–Kier alpha value is -1.92. The Bertz CT molecular complexity index is 733. The summed E-state index contributed by atoms with van der Waals surface area (Å²) in [6.07, 6.45) is 7.28. The molecule has 1 aliphatic heterocycles. The van der Waals surface area contributed by atoms with E-state index in [0.29, 0.717) is 19.0 Å². The molecule has 1 amide bonds. The van der Waals surface area contributed by atoms with E-state index in [1.165, 1.54) is 30.6 Å². The molecule has 0 aromatic carbocycles. The zero-order valence-electron chi connectivity index (χ0n) is 14.4. The van der Waals surface area contributed by atoms with Crippen molar-refractivity contribution in [1.82, 2.24) is 9.91 Å². The second-order valence-corrected chi connectivity index (χ2v) is 7.83. The quantitative estimate of drug-likeness (QED) is 0.815. The third-order valence-corrected chi connectivity index (χ3v) is 6.15. The Balaban J connectivity index is 1.53. The molecule has 4 rings (SSSR count). The van der Waals surface area contributed by atoms with Crippen molar-refractivity contribution in [1.29, 1.82) is 0 Å². The van der Waals surface area contributed by atoms with Crippen LogP contribution in [0.15, 0.2) is 45.4 Å². The Kier molecular flexibility index (Phi) is 4.72. The zero-order valence-corrected chi connectivity index (χ0v) is 15.2. The van der Waals surface area contributed by atoms with Crippen LogP contribution < -0.4 is 0 Å². The van der Waals surface area contributed by atoms with E-state index in [0.717, 1.165) is 11.5 Å². The molecule has 2 aromatic heterocycles. The molecule has 1 unspecified atom stereocenters. The minimum Gasteiger partial charge on any atom is -0.463 e. The summed E-state index contributed by atoms with van der Waals surface area (Å²) in [7, 11) is 2.06. The molecule has 132 valence electrons. The van der Waals surface area contributed by atoms with Gasteiger partial charge in [-0.05, 0) is 43.5 Å². The van der Waals surface area contributed by atoms with Crippen LogP contribution in [-0.4, -0.2) is 41.2 Å². The third-order valence-electron chi connectivity index (χ3n) is 5.18. The van der Waals surface area contributed by atoms with Gasteiger partial charge in [0.1, 0.15) is 11.5 Å². The number of hydrogen-bond acceptors (Lipinski definition) is 5. The normalized spacial score (nSPS) is 21.3. The first kappa shape index (κ1) is 16.5. The van der Waals surface area contributed by atoms with Gasteiger partial charge >= 0.3 is 0 Å². The molecule has 1 aliphatic carbocycles. The molecule has 0 spiro atoms. The summed E-state index contributed by atoms with van der Waals surface area (Å²) in [5, 5.41) is 8.36. The molecule has 3 heterocycles. The molecule has 0 saturated heterocycles. The molecule has 0 radical (unpaired) electrons. The fourth-order valence-corrected chi connectivity index (χ4v) is 4.61. The van der Waals surface area contributed by atoms with Crippen LogP contribution in [0.5, 0.6) is 0 Å². The van der Waals surface area contributed by atoms with Gasteiger partial charge < -0.3 is 4.42 Å². The van der Waals surface area contributed by atoms with E-state index in [1.807, 2.05) is 23.6 Å².